The minimum Gasteiger partial charge on any atom is -0.450 e. The highest BCUT2D eigenvalue weighted by Gasteiger charge is 2.24. The van der Waals surface area contributed by atoms with Gasteiger partial charge in [0.1, 0.15) is 23.0 Å². The minimum absolute atomic E-state index is 0.154. The molecule has 33 heavy (non-hydrogen) atoms. The molecular formula is C23H27N7O3. The van der Waals surface area contributed by atoms with Crippen LogP contribution >= 0.6 is 0 Å². The number of pyridine rings is 2. The van der Waals surface area contributed by atoms with Gasteiger partial charge in [0.25, 0.3) is 5.91 Å². The third-order valence-electron chi connectivity index (χ3n) is 5.73. The molecule has 0 spiro atoms. The third-order valence-corrected chi connectivity index (χ3v) is 5.73. The number of aromatic nitrogens is 2. The molecule has 2 aliphatic heterocycles. The van der Waals surface area contributed by atoms with E-state index in [0.29, 0.717) is 56.4 Å². The first kappa shape index (κ1) is 22.4. The van der Waals surface area contributed by atoms with E-state index in [0.717, 1.165) is 24.0 Å². The van der Waals surface area contributed by atoms with Crippen molar-refractivity contribution in [3.05, 3.63) is 53.0 Å². The van der Waals surface area contributed by atoms with Crippen LogP contribution in [0.2, 0.25) is 0 Å². The lowest BCUT2D eigenvalue weighted by Gasteiger charge is -2.29. The average Bonchev–Trinajstić information content (AvgIpc) is 2.83. The summed E-state index contributed by atoms with van der Waals surface area (Å²) in [6, 6.07) is 6.76. The Kier molecular flexibility index (Phi) is 6.62. The van der Waals surface area contributed by atoms with Gasteiger partial charge in [-0.25, -0.2) is 9.78 Å². The van der Waals surface area contributed by atoms with Crippen molar-refractivity contribution in [3.8, 4) is 0 Å². The Morgan fingerprint density at radius 2 is 2.00 bits per heavy atom. The molecule has 2 aromatic heterocycles. The molecule has 4 rings (SSSR count). The van der Waals surface area contributed by atoms with E-state index >= 15 is 0 Å². The number of carbonyl (C=O) groups is 2. The van der Waals surface area contributed by atoms with E-state index in [1.165, 1.54) is 0 Å². The molecule has 2 aliphatic rings. The minimum atomic E-state index is -0.423. The molecule has 10 nitrogen and oxygen atoms in total. The molecule has 3 N–H and O–H groups in total. The standard InChI is InChI=1S/C23H27N7O3/c1-2-33-23(32)29-11-9-15-13-26-18(12-16(15)14-29)22(31)28-20-8-5-6-17(27-20)21(25)30-10-4-3-7-19(30)24/h5-6,8,12-13,24-25H,2-4,7,9-11,14H2,1H3,(H,27,28,31). The molecule has 0 aliphatic carbocycles. The van der Waals surface area contributed by atoms with Crippen LogP contribution in [0.3, 0.4) is 0 Å². The summed E-state index contributed by atoms with van der Waals surface area (Å²) in [6.07, 6.45) is 4.50. The molecule has 2 amide bonds. The largest absolute Gasteiger partial charge is 0.450 e. The van der Waals surface area contributed by atoms with E-state index in [2.05, 4.69) is 15.3 Å². The highest BCUT2D eigenvalue weighted by Crippen LogP contribution is 2.20. The number of fused-ring (bicyclic) bond motifs is 1. The number of piperidine rings is 1. The van der Waals surface area contributed by atoms with Crippen LogP contribution in [0.15, 0.2) is 30.5 Å². The molecule has 0 radical (unpaired) electrons. The van der Waals surface area contributed by atoms with Gasteiger partial charge >= 0.3 is 6.09 Å². The van der Waals surface area contributed by atoms with E-state index in [1.54, 1.807) is 47.2 Å². The quantitative estimate of drug-likeness (QED) is 0.485. The molecule has 0 atom stereocenters. The molecule has 0 aromatic carbocycles. The topological polar surface area (TPSA) is 135 Å². The summed E-state index contributed by atoms with van der Waals surface area (Å²) in [6.45, 7) is 3.62. The van der Waals surface area contributed by atoms with Crippen molar-refractivity contribution in [1.82, 2.24) is 19.8 Å². The summed E-state index contributed by atoms with van der Waals surface area (Å²) in [5.74, 6) is 0.450. The van der Waals surface area contributed by atoms with Crippen LogP contribution in [0.5, 0.6) is 0 Å². The molecule has 1 fully saturated rings. The van der Waals surface area contributed by atoms with E-state index in [4.69, 9.17) is 15.6 Å². The van der Waals surface area contributed by atoms with Gasteiger partial charge in [0.2, 0.25) is 0 Å². The SMILES string of the molecule is CCOC(=O)N1CCc2cnc(C(=O)Nc3cccc(C(=N)N4CCCCC4=N)n3)cc2C1. The average molecular weight is 450 g/mol. The fourth-order valence-corrected chi connectivity index (χ4v) is 3.97. The Bertz CT molecular complexity index is 1100. The molecule has 0 unspecified atom stereocenters. The van der Waals surface area contributed by atoms with Crippen molar-refractivity contribution in [2.75, 3.05) is 25.0 Å². The van der Waals surface area contributed by atoms with Gasteiger partial charge in [-0.1, -0.05) is 6.07 Å². The Balaban J connectivity index is 1.46. The lowest BCUT2D eigenvalue weighted by atomic mass is 10.0. The number of nitrogens with one attached hydrogen (secondary N) is 3. The number of hydrogen-bond donors (Lipinski definition) is 3. The molecule has 4 heterocycles. The lowest BCUT2D eigenvalue weighted by molar-refractivity contribution is 0.102. The number of hydrogen-bond acceptors (Lipinski definition) is 7. The summed E-state index contributed by atoms with van der Waals surface area (Å²) in [5, 5.41) is 19.3. The Hall–Kier alpha value is -3.82. The third kappa shape index (κ3) is 5.00. The zero-order valence-electron chi connectivity index (χ0n) is 18.6. The van der Waals surface area contributed by atoms with Gasteiger partial charge < -0.3 is 19.9 Å². The van der Waals surface area contributed by atoms with Crippen LogP contribution in [0, 0.1) is 10.8 Å². The van der Waals surface area contributed by atoms with Crippen LogP contribution in [0.4, 0.5) is 10.6 Å². The first-order chi connectivity index (χ1) is 16.0. The van der Waals surface area contributed by atoms with Crippen LogP contribution in [0.25, 0.3) is 0 Å². The first-order valence-corrected chi connectivity index (χ1v) is 11.1. The fourth-order valence-electron chi connectivity index (χ4n) is 3.97. The van der Waals surface area contributed by atoms with Crippen molar-refractivity contribution >= 4 is 29.5 Å². The van der Waals surface area contributed by atoms with E-state index in [-0.39, 0.29) is 17.6 Å². The normalized spacial score (nSPS) is 15.6. The molecule has 172 valence electrons. The van der Waals surface area contributed by atoms with Gasteiger partial charge in [0.15, 0.2) is 5.84 Å². The van der Waals surface area contributed by atoms with Crippen molar-refractivity contribution in [2.45, 2.75) is 39.2 Å². The number of carbonyl (C=O) groups excluding carboxylic acids is 2. The Morgan fingerprint density at radius 1 is 1.15 bits per heavy atom. The molecule has 0 saturated carbocycles. The predicted molar refractivity (Wildman–Crippen MR) is 123 cm³/mol. The van der Waals surface area contributed by atoms with Crippen molar-refractivity contribution in [2.24, 2.45) is 0 Å². The second-order valence-corrected chi connectivity index (χ2v) is 7.97. The van der Waals surface area contributed by atoms with Crippen LogP contribution in [-0.4, -0.2) is 63.1 Å². The lowest BCUT2D eigenvalue weighted by Crippen LogP contribution is -2.40. The Labute approximate surface area is 192 Å². The zero-order valence-corrected chi connectivity index (χ0v) is 18.6. The second-order valence-electron chi connectivity index (χ2n) is 7.97. The van der Waals surface area contributed by atoms with Gasteiger partial charge in [-0.2, -0.15) is 0 Å². The maximum Gasteiger partial charge on any atom is 0.410 e. The summed E-state index contributed by atoms with van der Waals surface area (Å²) in [4.78, 5) is 36.8. The number of rotatable bonds is 4. The van der Waals surface area contributed by atoms with E-state index < -0.39 is 5.91 Å². The van der Waals surface area contributed by atoms with Gasteiger partial charge in [-0.05, 0) is 55.5 Å². The van der Waals surface area contributed by atoms with E-state index in [9.17, 15) is 9.59 Å². The number of likely N-dealkylation sites (tertiary alicyclic amines) is 1. The number of anilines is 1. The zero-order chi connectivity index (χ0) is 23.4. The second kappa shape index (κ2) is 9.76. The molecule has 1 saturated heterocycles. The monoisotopic (exact) mass is 449 g/mol. The summed E-state index contributed by atoms with van der Waals surface area (Å²) >= 11 is 0. The van der Waals surface area contributed by atoms with Gasteiger partial charge in [-0.3, -0.25) is 20.6 Å². The first-order valence-electron chi connectivity index (χ1n) is 11.1. The van der Waals surface area contributed by atoms with Crippen LogP contribution in [-0.2, 0) is 17.7 Å². The number of amides is 2. The van der Waals surface area contributed by atoms with Gasteiger partial charge in [0.05, 0.1) is 6.61 Å². The van der Waals surface area contributed by atoms with Crippen molar-refractivity contribution in [3.63, 3.8) is 0 Å². The smallest absolute Gasteiger partial charge is 0.410 e. The van der Waals surface area contributed by atoms with Gasteiger partial charge in [-0.15, -0.1) is 0 Å². The molecule has 2 aromatic rings. The summed E-state index contributed by atoms with van der Waals surface area (Å²) in [5.41, 5.74) is 2.48. The van der Waals surface area contributed by atoms with E-state index in [1.807, 2.05) is 0 Å². The summed E-state index contributed by atoms with van der Waals surface area (Å²) < 4.78 is 5.08. The highest BCUT2D eigenvalue weighted by atomic mass is 16.6. The van der Waals surface area contributed by atoms with Crippen LogP contribution in [0.1, 0.15) is 53.5 Å². The van der Waals surface area contributed by atoms with Gasteiger partial charge in [0, 0.05) is 32.3 Å². The fraction of sp³-hybridized carbons (Fsp3) is 0.391. The summed E-state index contributed by atoms with van der Waals surface area (Å²) in [7, 11) is 0. The highest BCUT2D eigenvalue weighted by molar-refractivity contribution is 6.07. The van der Waals surface area contributed by atoms with Crippen molar-refractivity contribution < 1.29 is 14.3 Å². The molecular weight excluding hydrogens is 422 g/mol. The molecule has 10 heteroatoms. The van der Waals surface area contributed by atoms with Crippen molar-refractivity contribution in [1.29, 1.82) is 10.8 Å². The maximum atomic E-state index is 12.8. The predicted octanol–water partition coefficient (Wildman–Crippen LogP) is 3.03. The number of nitrogens with zero attached hydrogens (tertiary/aromatic N) is 4. The maximum absolute atomic E-state index is 12.8. The number of ether oxygens (including phenoxy) is 1. The van der Waals surface area contributed by atoms with Crippen LogP contribution < -0.4 is 5.32 Å². The number of amidine groups is 2. The Morgan fingerprint density at radius 3 is 2.79 bits per heavy atom. The molecule has 0 bridgehead atoms.